The Morgan fingerprint density at radius 1 is 1.27 bits per heavy atom. The van der Waals surface area contributed by atoms with E-state index in [0.717, 1.165) is 18.8 Å². The van der Waals surface area contributed by atoms with Gasteiger partial charge in [0.2, 0.25) is 0 Å². The largest absolute Gasteiger partial charge is 0.317 e. The lowest BCUT2D eigenvalue weighted by Gasteiger charge is -2.20. The second kappa shape index (κ2) is 5.21. The highest BCUT2D eigenvalue weighted by Crippen LogP contribution is 2.14. The average molecular weight is 151 g/mol. The maximum absolute atomic E-state index is 3.36. The lowest BCUT2D eigenvalue weighted by molar-refractivity contribution is 0.381. The zero-order valence-corrected chi connectivity index (χ0v) is 7.32. The van der Waals surface area contributed by atoms with Crippen molar-refractivity contribution in [3.63, 3.8) is 0 Å². The molecule has 1 rings (SSSR count). The monoisotopic (exact) mass is 151 g/mol. The third-order valence-electron chi connectivity index (χ3n) is 2.15. The van der Waals surface area contributed by atoms with Crippen LogP contribution < -0.4 is 5.32 Å². The first kappa shape index (κ1) is 8.62. The Balaban J connectivity index is 2.14. The van der Waals surface area contributed by atoms with Gasteiger partial charge in [0.25, 0.3) is 0 Å². The van der Waals surface area contributed by atoms with Crippen molar-refractivity contribution in [1.82, 2.24) is 5.32 Å². The summed E-state index contributed by atoms with van der Waals surface area (Å²) in [7, 11) is 0. The van der Waals surface area contributed by atoms with Gasteiger partial charge < -0.3 is 5.32 Å². The van der Waals surface area contributed by atoms with Crippen LogP contribution in [0, 0.1) is 17.8 Å². The van der Waals surface area contributed by atoms with Gasteiger partial charge in [-0.05, 0) is 31.8 Å². The summed E-state index contributed by atoms with van der Waals surface area (Å²) in [5.41, 5.74) is 0. The predicted molar refractivity (Wildman–Crippen MR) is 48.3 cm³/mol. The summed E-state index contributed by atoms with van der Waals surface area (Å²) >= 11 is 0. The number of hydrogen-bond donors (Lipinski definition) is 1. The zero-order chi connectivity index (χ0) is 7.94. The molecule has 0 aliphatic carbocycles. The topological polar surface area (TPSA) is 12.0 Å². The highest BCUT2D eigenvalue weighted by Gasteiger charge is 2.10. The molecule has 1 heteroatoms. The van der Waals surface area contributed by atoms with E-state index >= 15 is 0 Å². The fourth-order valence-electron chi connectivity index (χ4n) is 1.43. The fraction of sp³-hybridized carbons (Fsp3) is 0.800. The number of hydrogen-bond acceptors (Lipinski definition) is 1. The molecule has 0 aromatic rings. The quantitative estimate of drug-likeness (QED) is 0.563. The molecule has 0 unspecified atom stereocenters. The Morgan fingerprint density at radius 3 is 2.64 bits per heavy atom. The molecule has 1 aliphatic heterocycles. The van der Waals surface area contributed by atoms with Gasteiger partial charge in [0.1, 0.15) is 0 Å². The molecule has 1 N–H and O–H groups in total. The van der Waals surface area contributed by atoms with Crippen molar-refractivity contribution < 1.29 is 0 Å². The molecule has 0 amide bonds. The molecule has 0 radical (unpaired) electrons. The van der Waals surface area contributed by atoms with E-state index in [-0.39, 0.29) is 0 Å². The second-order valence-electron chi connectivity index (χ2n) is 3.10. The summed E-state index contributed by atoms with van der Waals surface area (Å²) in [6.45, 7) is 4.49. The van der Waals surface area contributed by atoms with Crippen LogP contribution in [-0.2, 0) is 0 Å². The Hall–Kier alpha value is -0.480. The first-order valence-electron chi connectivity index (χ1n) is 4.60. The number of nitrogens with one attached hydrogen (secondary N) is 1. The predicted octanol–water partition coefficient (Wildman–Crippen LogP) is 1.79. The third kappa shape index (κ3) is 3.43. The molecular weight excluding hydrogens is 134 g/mol. The van der Waals surface area contributed by atoms with Crippen LogP contribution in [0.2, 0.25) is 0 Å². The molecule has 0 saturated carbocycles. The van der Waals surface area contributed by atoms with Crippen molar-refractivity contribution >= 4 is 0 Å². The van der Waals surface area contributed by atoms with Crippen molar-refractivity contribution in [2.24, 2.45) is 5.92 Å². The van der Waals surface area contributed by atoms with E-state index in [1.54, 1.807) is 0 Å². The number of piperidine rings is 1. The van der Waals surface area contributed by atoms with Gasteiger partial charge in [-0.25, -0.2) is 0 Å². The van der Waals surface area contributed by atoms with Gasteiger partial charge in [0.05, 0.1) is 0 Å². The molecule has 0 bridgehead atoms. The van der Waals surface area contributed by atoms with E-state index in [1.807, 2.05) is 0 Å². The van der Waals surface area contributed by atoms with Crippen LogP contribution >= 0.6 is 0 Å². The van der Waals surface area contributed by atoms with Crippen LogP contribution in [0.1, 0.15) is 32.6 Å². The van der Waals surface area contributed by atoms with Crippen molar-refractivity contribution in [3.05, 3.63) is 0 Å². The molecule has 0 aromatic heterocycles. The molecule has 11 heavy (non-hydrogen) atoms. The minimum Gasteiger partial charge on any atom is -0.317 e. The summed E-state index contributed by atoms with van der Waals surface area (Å²) < 4.78 is 0. The lowest BCUT2D eigenvalue weighted by atomic mass is 9.95. The van der Waals surface area contributed by atoms with Gasteiger partial charge in [-0.3, -0.25) is 0 Å². The Kier molecular flexibility index (Phi) is 4.08. The molecule has 0 aromatic carbocycles. The molecule has 0 spiro atoms. The minimum absolute atomic E-state index is 0.871. The van der Waals surface area contributed by atoms with E-state index in [4.69, 9.17) is 0 Å². The first-order chi connectivity index (χ1) is 5.43. The van der Waals surface area contributed by atoms with Crippen LogP contribution in [0.3, 0.4) is 0 Å². The molecule has 1 saturated heterocycles. The van der Waals surface area contributed by atoms with E-state index in [9.17, 15) is 0 Å². The van der Waals surface area contributed by atoms with Crippen molar-refractivity contribution in [3.8, 4) is 11.8 Å². The summed E-state index contributed by atoms with van der Waals surface area (Å²) in [6, 6.07) is 0. The Morgan fingerprint density at radius 2 is 2.00 bits per heavy atom. The molecule has 62 valence electrons. The summed E-state index contributed by atoms with van der Waals surface area (Å²) in [6.07, 6.45) is 4.76. The van der Waals surface area contributed by atoms with Gasteiger partial charge in [0, 0.05) is 12.8 Å². The van der Waals surface area contributed by atoms with Crippen molar-refractivity contribution in [1.29, 1.82) is 0 Å². The van der Waals surface area contributed by atoms with E-state index in [0.29, 0.717) is 0 Å². The first-order valence-corrected chi connectivity index (χ1v) is 4.60. The van der Waals surface area contributed by atoms with Gasteiger partial charge in [-0.1, -0.05) is 6.92 Å². The molecule has 1 aliphatic rings. The standard InChI is InChI=1S/C10H17N/c1-2-3-4-5-10-6-8-11-9-7-10/h10-11H,2,5-9H2,1H3. The maximum atomic E-state index is 3.36. The van der Waals surface area contributed by atoms with Crippen molar-refractivity contribution in [2.75, 3.05) is 13.1 Å². The second-order valence-corrected chi connectivity index (χ2v) is 3.10. The summed E-state index contributed by atoms with van der Waals surface area (Å²) in [4.78, 5) is 0. The minimum atomic E-state index is 0.871. The SMILES string of the molecule is CCC#CCC1CCNCC1. The van der Waals surface area contributed by atoms with Gasteiger partial charge in [-0.2, -0.15) is 0 Å². The van der Waals surface area contributed by atoms with Crippen LogP contribution in [0.15, 0.2) is 0 Å². The van der Waals surface area contributed by atoms with Crippen LogP contribution in [0.5, 0.6) is 0 Å². The molecule has 0 atom stereocenters. The summed E-state index contributed by atoms with van der Waals surface area (Å²) in [5.74, 6) is 7.22. The number of rotatable bonds is 1. The molecule has 1 nitrogen and oxygen atoms in total. The van der Waals surface area contributed by atoms with E-state index < -0.39 is 0 Å². The average Bonchev–Trinajstić information content (AvgIpc) is 2.07. The Bertz CT molecular complexity index is 146. The van der Waals surface area contributed by atoms with E-state index in [1.165, 1.54) is 25.9 Å². The molecular formula is C10H17N. The normalized spacial score (nSPS) is 19.0. The van der Waals surface area contributed by atoms with Crippen LogP contribution in [-0.4, -0.2) is 13.1 Å². The third-order valence-corrected chi connectivity index (χ3v) is 2.15. The van der Waals surface area contributed by atoms with Crippen LogP contribution in [0.25, 0.3) is 0 Å². The summed E-state index contributed by atoms with van der Waals surface area (Å²) in [5, 5.41) is 3.36. The smallest absolute Gasteiger partial charge is 0.0118 e. The Labute approximate surface area is 69.6 Å². The zero-order valence-electron chi connectivity index (χ0n) is 7.32. The molecule has 1 heterocycles. The molecule has 1 fully saturated rings. The van der Waals surface area contributed by atoms with Crippen molar-refractivity contribution in [2.45, 2.75) is 32.6 Å². The fourth-order valence-corrected chi connectivity index (χ4v) is 1.43. The maximum Gasteiger partial charge on any atom is 0.0118 e. The van der Waals surface area contributed by atoms with Gasteiger partial charge in [0.15, 0.2) is 0 Å². The highest BCUT2D eigenvalue weighted by atomic mass is 14.9. The van der Waals surface area contributed by atoms with Crippen LogP contribution in [0.4, 0.5) is 0 Å². The van der Waals surface area contributed by atoms with Gasteiger partial charge in [-0.15, -0.1) is 11.8 Å². The van der Waals surface area contributed by atoms with Gasteiger partial charge >= 0.3 is 0 Å². The highest BCUT2D eigenvalue weighted by molar-refractivity contribution is 4.99. The lowest BCUT2D eigenvalue weighted by Crippen LogP contribution is -2.27. The van der Waals surface area contributed by atoms with E-state index in [2.05, 4.69) is 24.1 Å².